The third-order valence-corrected chi connectivity index (χ3v) is 11.1. The summed E-state index contributed by atoms with van der Waals surface area (Å²) < 4.78 is 35.4. The Kier molecular flexibility index (Phi) is 12.7. The highest BCUT2D eigenvalue weighted by atomic mass is 31.1. The number of benzene rings is 2. The summed E-state index contributed by atoms with van der Waals surface area (Å²) in [7, 11) is 0.354. The molecule has 2 aromatic carbocycles. The lowest BCUT2D eigenvalue weighted by atomic mass is 9.92. The fraction of sp³-hybridized carbons (Fsp3) is 0.556. The van der Waals surface area contributed by atoms with Crippen molar-refractivity contribution in [2.75, 3.05) is 63.4 Å². The van der Waals surface area contributed by atoms with Gasteiger partial charge < -0.3 is 38.5 Å². The first-order valence-electron chi connectivity index (χ1n) is 17.7. The summed E-state index contributed by atoms with van der Waals surface area (Å²) in [6.45, 7) is 2.93. The van der Waals surface area contributed by atoms with Gasteiger partial charge >= 0.3 is 8.25 Å². The molecule has 0 radical (unpaired) electrons. The molecule has 4 unspecified atom stereocenters. The molecule has 6 rings (SSSR count). The van der Waals surface area contributed by atoms with E-state index in [1.807, 2.05) is 36.4 Å². The molecule has 2 aromatic heterocycles. The average molecular weight is 709 g/mol. The Morgan fingerprint density at radius 2 is 1.20 bits per heavy atom. The van der Waals surface area contributed by atoms with Gasteiger partial charge in [0.15, 0.2) is 0 Å². The van der Waals surface area contributed by atoms with Crippen molar-refractivity contribution >= 4 is 41.7 Å². The van der Waals surface area contributed by atoms with E-state index in [0.29, 0.717) is 24.7 Å². The average Bonchev–Trinajstić information content (AvgIpc) is 3.17. The third-order valence-electron chi connectivity index (χ3n) is 10.0. The predicted molar refractivity (Wildman–Crippen MR) is 193 cm³/mol. The molecule has 0 saturated carbocycles. The number of anilines is 2. The van der Waals surface area contributed by atoms with Gasteiger partial charge in [-0.1, -0.05) is 12.1 Å². The smallest absolute Gasteiger partial charge is 0.319 e. The number of piperidine rings is 2. The van der Waals surface area contributed by atoms with Gasteiger partial charge in [0.1, 0.15) is 46.8 Å². The second kappa shape index (κ2) is 17.5. The number of aliphatic hydroxyl groups is 2. The van der Waals surface area contributed by atoms with Crippen molar-refractivity contribution in [2.24, 2.45) is 11.8 Å². The largest absolute Gasteiger partial charge is 0.494 e. The van der Waals surface area contributed by atoms with Crippen LogP contribution in [0.25, 0.3) is 21.8 Å². The predicted octanol–water partition coefficient (Wildman–Crippen LogP) is 5.43. The lowest BCUT2D eigenvalue weighted by Crippen LogP contribution is -2.36. The second-order valence-electron chi connectivity index (χ2n) is 13.3. The molecule has 13 nitrogen and oxygen atoms in total. The van der Waals surface area contributed by atoms with Crippen LogP contribution in [0.4, 0.5) is 11.6 Å². The molecule has 2 fully saturated rings. The highest BCUT2D eigenvalue weighted by Gasteiger charge is 2.27. The van der Waals surface area contributed by atoms with Crippen LogP contribution < -0.4 is 19.3 Å². The monoisotopic (exact) mass is 708 g/mol. The zero-order valence-corrected chi connectivity index (χ0v) is 29.9. The van der Waals surface area contributed by atoms with Crippen LogP contribution in [0.15, 0.2) is 49.1 Å². The van der Waals surface area contributed by atoms with Crippen molar-refractivity contribution in [3.05, 3.63) is 49.1 Å². The van der Waals surface area contributed by atoms with Crippen molar-refractivity contribution < 1.29 is 33.3 Å². The second-order valence-corrected chi connectivity index (χ2v) is 14.2. The minimum atomic E-state index is -2.93. The van der Waals surface area contributed by atoms with E-state index >= 15 is 0 Å². The van der Waals surface area contributed by atoms with Crippen LogP contribution in [-0.4, -0.2) is 96.0 Å². The molecule has 4 aromatic rings. The number of para-hydroxylation sites is 2. The fourth-order valence-electron chi connectivity index (χ4n) is 7.43. The lowest BCUT2D eigenvalue weighted by molar-refractivity contribution is 0.0553. The SMILES string of the molecule is COc1cccc2c(N3CCCC(CCC(CO)O[PH](=O)OC(CO)CCC4CCCN(c5ncnc6c(OC)cccc56)C4)C3)ncnc12. The molecule has 14 heteroatoms. The van der Waals surface area contributed by atoms with Crippen molar-refractivity contribution in [3.8, 4) is 11.5 Å². The van der Waals surface area contributed by atoms with Crippen LogP contribution in [0.1, 0.15) is 51.4 Å². The first kappa shape index (κ1) is 36.2. The normalized spacial score (nSPS) is 20.2. The van der Waals surface area contributed by atoms with Gasteiger partial charge in [0.2, 0.25) is 0 Å². The molecular weight excluding hydrogens is 659 g/mol. The highest BCUT2D eigenvalue weighted by Crippen LogP contribution is 2.36. The first-order chi connectivity index (χ1) is 24.5. The Morgan fingerprint density at radius 3 is 1.62 bits per heavy atom. The summed E-state index contributed by atoms with van der Waals surface area (Å²) in [6, 6.07) is 11.7. The number of fused-ring (bicyclic) bond motifs is 2. The van der Waals surface area contributed by atoms with Crippen molar-refractivity contribution in [1.29, 1.82) is 0 Å². The number of hydrogen-bond acceptors (Lipinski definition) is 13. The zero-order chi connectivity index (χ0) is 34.9. The minimum Gasteiger partial charge on any atom is -0.494 e. The van der Waals surface area contributed by atoms with Crippen LogP contribution in [0, 0.1) is 11.8 Å². The Labute approximate surface area is 293 Å². The Balaban J connectivity index is 0.972. The van der Waals surface area contributed by atoms with E-state index in [9.17, 15) is 14.8 Å². The van der Waals surface area contributed by atoms with Gasteiger partial charge in [-0.15, -0.1) is 0 Å². The van der Waals surface area contributed by atoms with Crippen LogP contribution in [0.2, 0.25) is 0 Å². The molecule has 50 heavy (non-hydrogen) atoms. The van der Waals surface area contributed by atoms with E-state index < -0.39 is 20.5 Å². The zero-order valence-electron chi connectivity index (χ0n) is 28.9. The van der Waals surface area contributed by atoms with E-state index in [-0.39, 0.29) is 13.2 Å². The van der Waals surface area contributed by atoms with Gasteiger partial charge in [0.05, 0.1) is 39.6 Å². The summed E-state index contributed by atoms with van der Waals surface area (Å²) in [5.74, 6) is 3.96. The van der Waals surface area contributed by atoms with Crippen molar-refractivity contribution in [1.82, 2.24) is 19.9 Å². The minimum absolute atomic E-state index is 0.252. The van der Waals surface area contributed by atoms with Crippen molar-refractivity contribution in [2.45, 2.75) is 63.6 Å². The maximum Gasteiger partial charge on any atom is 0.319 e. The standard InChI is InChI=1S/C36H49N6O7P/c1-46-31-11-3-9-29-33(31)37-23-39-35(29)41-17-5-7-25(19-41)13-15-27(21-43)48-50(45)49-28(22-44)16-14-26-8-6-18-42(20-26)36-30-10-4-12-32(47-2)34(30)38-24-40-36/h3-4,9-12,23-28,43-44,50H,5-8,13-22H2,1-2H3. The molecule has 0 spiro atoms. The van der Waals surface area contributed by atoms with E-state index in [1.165, 1.54) is 0 Å². The summed E-state index contributed by atoms with van der Waals surface area (Å²) in [5.41, 5.74) is 1.58. The molecule has 2 aliphatic heterocycles. The molecule has 2 aliphatic rings. The van der Waals surface area contributed by atoms with Gasteiger partial charge in [0, 0.05) is 37.0 Å². The molecule has 270 valence electrons. The first-order valence-corrected chi connectivity index (χ1v) is 18.9. The van der Waals surface area contributed by atoms with Gasteiger partial charge in [0.25, 0.3) is 0 Å². The maximum absolute atomic E-state index is 13.0. The third kappa shape index (κ3) is 8.63. The topological polar surface area (TPSA) is 152 Å². The van der Waals surface area contributed by atoms with E-state index in [0.717, 1.165) is 110 Å². The Bertz CT molecular complexity index is 1610. The Morgan fingerprint density at radius 1 is 0.740 bits per heavy atom. The number of methoxy groups -OCH3 is 2. The molecule has 2 saturated heterocycles. The van der Waals surface area contributed by atoms with E-state index in [2.05, 4.69) is 29.7 Å². The number of ether oxygens (including phenoxy) is 2. The summed E-state index contributed by atoms with van der Waals surface area (Å²) in [5, 5.41) is 22.1. The van der Waals surface area contributed by atoms with E-state index in [1.54, 1.807) is 26.9 Å². The fourth-order valence-corrected chi connectivity index (χ4v) is 8.42. The van der Waals surface area contributed by atoms with Gasteiger partial charge in [-0.25, -0.2) is 19.9 Å². The van der Waals surface area contributed by atoms with E-state index in [4.69, 9.17) is 18.5 Å². The van der Waals surface area contributed by atoms with Gasteiger partial charge in [-0.05, 0) is 87.5 Å². The Hall–Kier alpha value is -3.61. The number of aliphatic hydroxyl groups excluding tert-OH is 2. The van der Waals surface area contributed by atoms with Gasteiger partial charge in [-0.3, -0.25) is 4.57 Å². The molecular formula is C36H49N6O7P. The quantitative estimate of drug-likeness (QED) is 0.143. The van der Waals surface area contributed by atoms with Crippen LogP contribution in [0.5, 0.6) is 11.5 Å². The van der Waals surface area contributed by atoms with Crippen molar-refractivity contribution in [3.63, 3.8) is 0 Å². The van der Waals surface area contributed by atoms with Crippen LogP contribution in [0.3, 0.4) is 0 Å². The number of rotatable bonds is 16. The molecule has 2 N–H and O–H groups in total. The van der Waals surface area contributed by atoms with Crippen LogP contribution >= 0.6 is 8.25 Å². The molecule has 4 atom stereocenters. The maximum atomic E-state index is 13.0. The number of hydrogen-bond donors (Lipinski definition) is 2. The lowest BCUT2D eigenvalue weighted by Gasteiger charge is -2.35. The highest BCUT2D eigenvalue weighted by molar-refractivity contribution is 7.33. The molecule has 0 bridgehead atoms. The summed E-state index contributed by atoms with van der Waals surface area (Å²) in [4.78, 5) is 22.7. The summed E-state index contributed by atoms with van der Waals surface area (Å²) in [6.07, 6.45) is 8.83. The van der Waals surface area contributed by atoms with Crippen LogP contribution in [-0.2, 0) is 13.6 Å². The molecule has 4 heterocycles. The molecule has 0 amide bonds. The number of nitrogens with zero attached hydrogens (tertiary/aromatic N) is 6. The summed E-state index contributed by atoms with van der Waals surface area (Å²) >= 11 is 0. The van der Waals surface area contributed by atoms with Gasteiger partial charge in [-0.2, -0.15) is 0 Å². The molecule has 0 aliphatic carbocycles. The number of aromatic nitrogens is 4.